The van der Waals surface area contributed by atoms with E-state index in [0.29, 0.717) is 19.0 Å². The zero-order chi connectivity index (χ0) is 16.8. The molecule has 1 aliphatic carbocycles. The molecule has 0 aromatic heterocycles. The lowest BCUT2D eigenvalue weighted by molar-refractivity contribution is -0.121. The van der Waals surface area contributed by atoms with Crippen molar-refractivity contribution in [2.45, 2.75) is 63.6 Å². The highest BCUT2D eigenvalue weighted by Gasteiger charge is 2.19. The minimum Gasteiger partial charge on any atom is -0.493 e. The molecule has 1 unspecified atom stereocenters. The number of benzene rings is 1. The van der Waals surface area contributed by atoms with Crippen molar-refractivity contribution in [2.75, 3.05) is 13.7 Å². The maximum Gasteiger partial charge on any atom is 0.221 e. The summed E-state index contributed by atoms with van der Waals surface area (Å²) < 4.78 is 11.5. The largest absolute Gasteiger partial charge is 0.493 e. The monoisotopic (exact) mass is 332 g/mol. The van der Waals surface area contributed by atoms with Crippen molar-refractivity contribution in [1.29, 1.82) is 0 Å². The van der Waals surface area contributed by atoms with Gasteiger partial charge in [-0.2, -0.15) is 0 Å². The molecule has 0 bridgehead atoms. The smallest absolute Gasteiger partial charge is 0.221 e. The Hall–Kier alpha value is -1.75. The van der Waals surface area contributed by atoms with E-state index in [4.69, 9.17) is 9.47 Å². The first kappa shape index (κ1) is 17.1. The first-order valence-corrected chi connectivity index (χ1v) is 9.08. The number of hydrogen-bond acceptors (Lipinski definition) is 4. The Balaban J connectivity index is 1.55. The van der Waals surface area contributed by atoms with Gasteiger partial charge in [-0.05, 0) is 62.8 Å². The summed E-state index contributed by atoms with van der Waals surface area (Å²) in [6.07, 6.45) is 7.79. The molecule has 1 amide bonds. The van der Waals surface area contributed by atoms with Gasteiger partial charge in [0, 0.05) is 19.0 Å². The molecule has 1 aliphatic heterocycles. The summed E-state index contributed by atoms with van der Waals surface area (Å²) in [4.78, 5) is 12.1. The number of ether oxygens (including phenoxy) is 2. The first-order chi connectivity index (χ1) is 11.7. The number of carbonyl (C=O) groups is 1. The molecule has 132 valence electrons. The average Bonchev–Trinajstić information content (AvgIpc) is 3.27. The van der Waals surface area contributed by atoms with Gasteiger partial charge in [0.25, 0.3) is 0 Å². The lowest BCUT2D eigenvalue weighted by Crippen LogP contribution is -2.31. The average molecular weight is 332 g/mol. The predicted molar refractivity (Wildman–Crippen MR) is 93.4 cm³/mol. The van der Waals surface area contributed by atoms with Crippen molar-refractivity contribution < 1.29 is 14.3 Å². The standard InChI is InChI=1S/C19H28N2O3/c1-23-17-9-8-14(11-18(17)24-16-6-2-3-7-16)13-21-19(22)12-15-5-4-10-20-15/h8-9,11,15-16,20H,2-7,10,12-13H2,1H3,(H,21,22). The van der Waals surface area contributed by atoms with Crippen LogP contribution in [0.5, 0.6) is 11.5 Å². The molecule has 2 fully saturated rings. The Bertz CT molecular complexity index is 550. The Morgan fingerprint density at radius 1 is 1.21 bits per heavy atom. The van der Waals surface area contributed by atoms with Gasteiger partial charge in [0.2, 0.25) is 5.91 Å². The van der Waals surface area contributed by atoms with Crippen LogP contribution in [0, 0.1) is 0 Å². The molecule has 5 heteroatoms. The molecule has 2 aliphatic rings. The Labute approximate surface area is 144 Å². The number of amides is 1. The van der Waals surface area contributed by atoms with E-state index in [1.807, 2.05) is 18.2 Å². The van der Waals surface area contributed by atoms with Crippen molar-refractivity contribution in [2.24, 2.45) is 0 Å². The van der Waals surface area contributed by atoms with Crippen LogP contribution in [-0.2, 0) is 11.3 Å². The third kappa shape index (κ3) is 4.63. The van der Waals surface area contributed by atoms with Gasteiger partial charge in [0.15, 0.2) is 11.5 Å². The molecule has 1 saturated carbocycles. The lowest BCUT2D eigenvalue weighted by atomic mass is 10.1. The molecule has 1 saturated heterocycles. The van der Waals surface area contributed by atoms with Gasteiger partial charge >= 0.3 is 0 Å². The molecular formula is C19H28N2O3. The van der Waals surface area contributed by atoms with Gasteiger partial charge in [-0.1, -0.05) is 6.07 Å². The minimum absolute atomic E-state index is 0.100. The van der Waals surface area contributed by atoms with Gasteiger partial charge in [-0.15, -0.1) is 0 Å². The van der Waals surface area contributed by atoms with Crippen molar-refractivity contribution in [3.8, 4) is 11.5 Å². The fourth-order valence-corrected chi connectivity index (χ4v) is 3.54. The van der Waals surface area contributed by atoms with Crippen LogP contribution in [0.3, 0.4) is 0 Å². The number of rotatable bonds is 7. The fraction of sp³-hybridized carbons (Fsp3) is 0.632. The SMILES string of the molecule is COc1ccc(CNC(=O)CC2CCCN2)cc1OC1CCCC1. The van der Waals surface area contributed by atoms with E-state index in [0.717, 1.165) is 49.3 Å². The van der Waals surface area contributed by atoms with Gasteiger partial charge in [-0.3, -0.25) is 4.79 Å². The Kier molecular flexibility index (Phi) is 5.96. The summed E-state index contributed by atoms with van der Waals surface area (Å²) in [5.74, 6) is 1.64. The van der Waals surface area contributed by atoms with E-state index >= 15 is 0 Å². The predicted octanol–water partition coefficient (Wildman–Crippen LogP) is 2.77. The van der Waals surface area contributed by atoms with Crippen molar-refractivity contribution in [1.82, 2.24) is 10.6 Å². The minimum atomic E-state index is 0.100. The molecular weight excluding hydrogens is 304 g/mol. The normalized spacial score (nSPS) is 21.0. The van der Waals surface area contributed by atoms with Crippen LogP contribution >= 0.6 is 0 Å². The maximum absolute atomic E-state index is 12.1. The second kappa shape index (κ2) is 8.38. The van der Waals surface area contributed by atoms with Crippen LogP contribution in [0.15, 0.2) is 18.2 Å². The first-order valence-electron chi connectivity index (χ1n) is 9.08. The van der Waals surface area contributed by atoms with Gasteiger partial charge < -0.3 is 20.1 Å². The number of nitrogens with one attached hydrogen (secondary N) is 2. The van der Waals surface area contributed by atoms with E-state index in [2.05, 4.69) is 10.6 Å². The highest BCUT2D eigenvalue weighted by Crippen LogP contribution is 2.32. The highest BCUT2D eigenvalue weighted by molar-refractivity contribution is 5.76. The van der Waals surface area contributed by atoms with Crippen LogP contribution in [0.25, 0.3) is 0 Å². The van der Waals surface area contributed by atoms with Gasteiger partial charge in [0.1, 0.15) is 0 Å². The van der Waals surface area contributed by atoms with E-state index in [1.165, 1.54) is 12.8 Å². The summed E-state index contributed by atoms with van der Waals surface area (Å²) in [6.45, 7) is 1.55. The van der Waals surface area contributed by atoms with E-state index in [-0.39, 0.29) is 12.0 Å². The summed E-state index contributed by atoms with van der Waals surface area (Å²) >= 11 is 0. The van der Waals surface area contributed by atoms with Crippen LogP contribution in [-0.4, -0.2) is 31.7 Å². The summed E-state index contributed by atoms with van der Waals surface area (Å²) in [6, 6.07) is 6.23. The summed E-state index contributed by atoms with van der Waals surface area (Å²) in [5, 5.41) is 6.36. The molecule has 0 radical (unpaired) electrons. The molecule has 3 rings (SSSR count). The molecule has 0 spiro atoms. The molecule has 24 heavy (non-hydrogen) atoms. The number of methoxy groups -OCH3 is 1. The Morgan fingerprint density at radius 3 is 2.75 bits per heavy atom. The third-order valence-corrected chi connectivity index (χ3v) is 4.91. The zero-order valence-corrected chi connectivity index (χ0v) is 14.5. The molecule has 1 atom stereocenters. The Morgan fingerprint density at radius 2 is 2.04 bits per heavy atom. The fourth-order valence-electron chi connectivity index (χ4n) is 3.54. The van der Waals surface area contributed by atoms with Crippen molar-refractivity contribution >= 4 is 5.91 Å². The lowest BCUT2D eigenvalue weighted by Gasteiger charge is -2.17. The van der Waals surface area contributed by atoms with E-state index < -0.39 is 0 Å². The summed E-state index contributed by atoms with van der Waals surface area (Å²) in [7, 11) is 1.66. The third-order valence-electron chi connectivity index (χ3n) is 4.91. The number of hydrogen-bond donors (Lipinski definition) is 2. The maximum atomic E-state index is 12.1. The van der Waals surface area contributed by atoms with E-state index in [1.54, 1.807) is 7.11 Å². The second-order valence-corrected chi connectivity index (χ2v) is 6.78. The molecule has 1 aromatic carbocycles. The second-order valence-electron chi connectivity index (χ2n) is 6.78. The van der Waals surface area contributed by atoms with Crippen molar-refractivity contribution in [3.05, 3.63) is 23.8 Å². The van der Waals surface area contributed by atoms with Crippen LogP contribution < -0.4 is 20.1 Å². The number of carbonyl (C=O) groups excluding carboxylic acids is 1. The van der Waals surface area contributed by atoms with Crippen LogP contribution in [0.1, 0.15) is 50.5 Å². The quantitative estimate of drug-likeness (QED) is 0.806. The topological polar surface area (TPSA) is 59.6 Å². The zero-order valence-electron chi connectivity index (χ0n) is 14.5. The van der Waals surface area contributed by atoms with Gasteiger partial charge in [0.05, 0.1) is 13.2 Å². The molecule has 1 aromatic rings. The molecule has 1 heterocycles. The highest BCUT2D eigenvalue weighted by atomic mass is 16.5. The molecule has 2 N–H and O–H groups in total. The van der Waals surface area contributed by atoms with Crippen molar-refractivity contribution in [3.63, 3.8) is 0 Å². The molecule has 5 nitrogen and oxygen atoms in total. The van der Waals surface area contributed by atoms with Crippen LogP contribution in [0.4, 0.5) is 0 Å². The van der Waals surface area contributed by atoms with Gasteiger partial charge in [-0.25, -0.2) is 0 Å². The van der Waals surface area contributed by atoms with Crippen LogP contribution in [0.2, 0.25) is 0 Å². The van der Waals surface area contributed by atoms with E-state index in [9.17, 15) is 4.79 Å². The summed E-state index contributed by atoms with van der Waals surface area (Å²) in [5.41, 5.74) is 1.04.